The SMILES string of the molecule is COc1ccc(CC(C(=O)O)c2ncccc2Br)cc1. The molecule has 0 aliphatic rings. The molecule has 104 valence electrons. The molecule has 0 saturated carbocycles. The van der Waals surface area contributed by atoms with Crippen LogP contribution in [0.15, 0.2) is 47.1 Å². The van der Waals surface area contributed by atoms with E-state index in [1.165, 1.54) is 0 Å². The highest BCUT2D eigenvalue weighted by atomic mass is 79.9. The summed E-state index contributed by atoms with van der Waals surface area (Å²) < 4.78 is 5.80. The molecule has 1 atom stereocenters. The van der Waals surface area contributed by atoms with Crippen LogP contribution in [0.3, 0.4) is 0 Å². The van der Waals surface area contributed by atoms with Crippen LogP contribution in [-0.4, -0.2) is 23.2 Å². The lowest BCUT2D eigenvalue weighted by Crippen LogP contribution is -2.16. The molecule has 1 aromatic heterocycles. The number of aliphatic carboxylic acids is 1. The van der Waals surface area contributed by atoms with Crippen molar-refractivity contribution in [1.82, 2.24) is 4.98 Å². The van der Waals surface area contributed by atoms with Gasteiger partial charge in [-0.25, -0.2) is 0 Å². The number of pyridine rings is 1. The lowest BCUT2D eigenvalue weighted by molar-refractivity contribution is -0.138. The third kappa shape index (κ3) is 3.36. The molecular formula is C15H14BrNO3. The number of methoxy groups -OCH3 is 1. The van der Waals surface area contributed by atoms with Gasteiger partial charge in [0.2, 0.25) is 0 Å². The fourth-order valence-corrected chi connectivity index (χ4v) is 2.48. The van der Waals surface area contributed by atoms with Crippen molar-refractivity contribution >= 4 is 21.9 Å². The van der Waals surface area contributed by atoms with E-state index in [4.69, 9.17) is 4.74 Å². The normalized spacial score (nSPS) is 11.9. The molecule has 20 heavy (non-hydrogen) atoms. The largest absolute Gasteiger partial charge is 0.497 e. The molecule has 0 radical (unpaired) electrons. The molecule has 5 heteroatoms. The quantitative estimate of drug-likeness (QED) is 0.910. The lowest BCUT2D eigenvalue weighted by Gasteiger charge is -2.13. The van der Waals surface area contributed by atoms with Gasteiger partial charge in [-0.3, -0.25) is 9.78 Å². The fourth-order valence-electron chi connectivity index (χ4n) is 1.95. The Morgan fingerprint density at radius 1 is 1.35 bits per heavy atom. The maximum absolute atomic E-state index is 11.5. The van der Waals surface area contributed by atoms with Crippen molar-refractivity contribution in [3.8, 4) is 5.75 Å². The van der Waals surface area contributed by atoms with Gasteiger partial charge in [0.25, 0.3) is 0 Å². The Kier molecular flexibility index (Phi) is 4.74. The molecule has 1 unspecified atom stereocenters. The highest BCUT2D eigenvalue weighted by molar-refractivity contribution is 9.10. The van der Waals surface area contributed by atoms with E-state index in [1.807, 2.05) is 24.3 Å². The monoisotopic (exact) mass is 335 g/mol. The van der Waals surface area contributed by atoms with E-state index in [0.29, 0.717) is 16.6 Å². The van der Waals surface area contributed by atoms with Crippen molar-refractivity contribution in [2.75, 3.05) is 7.11 Å². The molecule has 0 bridgehead atoms. The van der Waals surface area contributed by atoms with Crippen LogP contribution < -0.4 is 4.74 Å². The van der Waals surface area contributed by atoms with Gasteiger partial charge in [0.05, 0.1) is 12.8 Å². The standard InChI is InChI=1S/C15H14BrNO3/c1-20-11-6-4-10(5-7-11)9-12(15(18)19)14-13(16)3-2-8-17-14/h2-8,12H,9H2,1H3,(H,18,19). The Balaban J connectivity index is 2.26. The summed E-state index contributed by atoms with van der Waals surface area (Å²) in [5.74, 6) is -0.821. The number of rotatable bonds is 5. The second kappa shape index (κ2) is 6.52. The van der Waals surface area contributed by atoms with Crippen molar-refractivity contribution < 1.29 is 14.6 Å². The van der Waals surface area contributed by atoms with Gasteiger partial charge in [-0.05, 0) is 52.2 Å². The molecule has 0 amide bonds. The summed E-state index contributed by atoms with van der Waals surface area (Å²) >= 11 is 3.36. The summed E-state index contributed by atoms with van der Waals surface area (Å²) in [6.45, 7) is 0. The molecule has 0 saturated heterocycles. The van der Waals surface area contributed by atoms with Gasteiger partial charge in [-0.1, -0.05) is 12.1 Å². The van der Waals surface area contributed by atoms with E-state index in [9.17, 15) is 9.90 Å². The van der Waals surface area contributed by atoms with Crippen molar-refractivity contribution in [2.45, 2.75) is 12.3 Å². The highest BCUT2D eigenvalue weighted by Gasteiger charge is 2.23. The molecule has 4 nitrogen and oxygen atoms in total. The van der Waals surface area contributed by atoms with Crippen LogP contribution in [0.5, 0.6) is 5.75 Å². The highest BCUT2D eigenvalue weighted by Crippen LogP contribution is 2.26. The summed E-state index contributed by atoms with van der Waals surface area (Å²) in [4.78, 5) is 15.7. The van der Waals surface area contributed by atoms with Gasteiger partial charge < -0.3 is 9.84 Å². The Morgan fingerprint density at radius 2 is 2.05 bits per heavy atom. The number of hydrogen-bond acceptors (Lipinski definition) is 3. The maximum atomic E-state index is 11.5. The van der Waals surface area contributed by atoms with Gasteiger partial charge in [0.1, 0.15) is 11.7 Å². The zero-order chi connectivity index (χ0) is 14.5. The van der Waals surface area contributed by atoms with Gasteiger partial charge in [-0.15, -0.1) is 0 Å². The molecule has 0 spiro atoms. The molecule has 1 N–H and O–H groups in total. The van der Waals surface area contributed by atoms with Crippen LogP contribution in [0, 0.1) is 0 Å². The zero-order valence-corrected chi connectivity index (χ0v) is 12.5. The first-order valence-corrected chi connectivity index (χ1v) is 6.87. The summed E-state index contributed by atoms with van der Waals surface area (Å²) in [5.41, 5.74) is 1.46. The van der Waals surface area contributed by atoms with Gasteiger partial charge in [-0.2, -0.15) is 0 Å². The van der Waals surface area contributed by atoms with Gasteiger partial charge >= 0.3 is 5.97 Å². The molecule has 2 aromatic rings. The topological polar surface area (TPSA) is 59.4 Å². The van der Waals surface area contributed by atoms with E-state index in [-0.39, 0.29) is 0 Å². The van der Waals surface area contributed by atoms with Crippen molar-refractivity contribution in [3.05, 3.63) is 58.3 Å². The van der Waals surface area contributed by atoms with Gasteiger partial charge in [0, 0.05) is 10.7 Å². The second-order valence-corrected chi connectivity index (χ2v) is 5.17. The molecule has 0 aliphatic heterocycles. The number of carboxylic acids is 1. The third-order valence-corrected chi connectivity index (χ3v) is 3.68. The minimum atomic E-state index is -0.889. The van der Waals surface area contributed by atoms with Crippen LogP contribution in [0.2, 0.25) is 0 Å². The van der Waals surface area contributed by atoms with E-state index in [1.54, 1.807) is 25.4 Å². The van der Waals surface area contributed by atoms with E-state index >= 15 is 0 Å². The number of ether oxygens (including phenoxy) is 1. The lowest BCUT2D eigenvalue weighted by atomic mass is 9.96. The third-order valence-electron chi connectivity index (χ3n) is 3.01. The Labute approximate surface area is 125 Å². The molecule has 2 rings (SSSR count). The van der Waals surface area contributed by atoms with Crippen molar-refractivity contribution in [1.29, 1.82) is 0 Å². The summed E-state index contributed by atoms with van der Waals surface area (Å²) in [5, 5.41) is 9.43. The number of hydrogen-bond donors (Lipinski definition) is 1. The Morgan fingerprint density at radius 3 is 2.60 bits per heavy atom. The number of halogens is 1. The average Bonchev–Trinajstić information content (AvgIpc) is 2.46. The first kappa shape index (κ1) is 14.5. The number of aromatic nitrogens is 1. The van der Waals surface area contributed by atoms with Crippen LogP contribution in [-0.2, 0) is 11.2 Å². The first-order chi connectivity index (χ1) is 9.61. The Hall–Kier alpha value is -1.88. The predicted octanol–water partition coefficient (Wildman–Crippen LogP) is 3.26. The molecule has 1 heterocycles. The first-order valence-electron chi connectivity index (χ1n) is 6.08. The van der Waals surface area contributed by atoms with E-state index in [2.05, 4.69) is 20.9 Å². The smallest absolute Gasteiger partial charge is 0.312 e. The van der Waals surface area contributed by atoms with Crippen molar-refractivity contribution in [3.63, 3.8) is 0 Å². The number of nitrogens with zero attached hydrogens (tertiary/aromatic N) is 1. The zero-order valence-electron chi connectivity index (χ0n) is 10.9. The molecular weight excluding hydrogens is 322 g/mol. The second-order valence-electron chi connectivity index (χ2n) is 4.31. The number of carboxylic acid groups (broad SMARTS) is 1. The number of carbonyl (C=O) groups is 1. The van der Waals surface area contributed by atoms with Crippen LogP contribution >= 0.6 is 15.9 Å². The maximum Gasteiger partial charge on any atom is 0.312 e. The minimum Gasteiger partial charge on any atom is -0.497 e. The molecule has 1 aromatic carbocycles. The predicted molar refractivity (Wildman–Crippen MR) is 79.0 cm³/mol. The fraction of sp³-hybridized carbons (Fsp3) is 0.200. The molecule has 0 fully saturated rings. The minimum absolute atomic E-state index is 0.384. The van der Waals surface area contributed by atoms with E-state index < -0.39 is 11.9 Å². The molecule has 0 aliphatic carbocycles. The van der Waals surface area contributed by atoms with Crippen molar-refractivity contribution in [2.24, 2.45) is 0 Å². The van der Waals surface area contributed by atoms with Crippen LogP contribution in [0.25, 0.3) is 0 Å². The number of benzene rings is 1. The van der Waals surface area contributed by atoms with Crippen LogP contribution in [0.4, 0.5) is 0 Å². The Bertz CT molecular complexity index is 598. The van der Waals surface area contributed by atoms with Crippen LogP contribution in [0.1, 0.15) is 17.2 Å². The average molecular weight is 336 g/mol. The van der Waals surface area contributed by atoms with E-state index in [0.717, 1.165) is 11.3 Å². The van der Waals surface area contributed by atoms with Gasteiger partial charge in [0.15, 0.2) is 0 Å². The summed E-state index contributed by atoms with van der Waals surface area (Å²) in [6.07, 6.45) is 1.99. The summed E-state index contributed by atoms with van der Waals surface area (Å²) in [7, 11) is 1.60. The summed E-state index contributed by atoms with van der Waals surface area (Å²) in [6, 6.07) is 10.9.